The first-order chi connectivity index (χ1) is 6.83. The molecule has 1 aliphatic rings. The van der Waals surface area contributed by atoms with E-state index in [1.807, 2.05) is 30.5 Å². The summed E-state index contributed by atoms with van der Waals surface area (Å²) in [7, 11) is 0. The molecule has 1 N–H and O–H groups in total. The Morgan fingerprint density at radius 3 is 3.00 bits per heavy atom. The molecule has 0 aliphatic carbocycles. The highest BCUT2D eigenvalue weighted by atomic mass is 35.5. The topological polar surface area (TPSA) is 21.3 Å². The number of thioether (sulfide) groups is 1. The minimum Gasteiger partial charge on any atom is -0.272 e. The highest BCUT2D eigenvalue weighted by Crippen LogP contribution is 2.32. The average Bonchev–Trinajstić information content (AvgIpc) is 2.70. The van der Waals surface area contributed by atoms with E-state index in [4.69, 9.17) is 16.4 Å². The molecule has 1 aromatic rings. The van der Waals surface area contributed by atoms with Crippen molar-refractivity contribution in [2.75, 3.05) is 12.9 Å². The molecule has 0 bridgehead atoms. The average molecular weight is 228 g/mol. The Balaban J connectivity index is 2.48. The third kappa shape index (κ3) is 1.75. The molecule has 0 saturated heterocycles. The number of hydrogen-bond acceptors (Lipinski definition) is 3. The third-order valence-corrected chi connectivity index (χ3v) is 3.11. The van der Waals surface area contributed by atoms with E-state index in [1.165, 1.54) is 0 Å². The van der Waals surface area contributed by atoms with Crippen molar-refractivity contribution in [2.24, 2.45) is 0 Å². The number of nitrogens with one attached hydrogen (secondary N) is 1. The van der Waals surface area contributed by atoms with Crippen molar-refractivity contribution in [1.82, 2.24) is 5.48 Å². The summed E-state index contributed by atoms with van der Waals surface area (Å²) < 4.78 is 0. The maximum absolute atomic E-state index is 6.14. The smallest absolute Gasteiger partial charge is 0.0951 e. The van der Waals surface area contributed by atoms with Gasteiger partial charge in [-0.1, -0.05) is 17.7 Å². The van der Waals surface area contributed by atoms with Crippen LogP contribution in [-0.2, 0) is 4.84 Å². The van der Waals surface area contributed by atoms with Crippen molar-refractivity contribution in [3.8, 4) is 0 Å². The van der Waals surface area contributed by atoms with Gasteiger partial charge in [-0.2, -0.15) is 0 Å². The summed E-state index contributed by atoms with van der Waals surface area (Å²) in [5.41, 5.74) is 4.84. The molecule has 4 heteroatoms. The predicted octanol–water partition coefficient (Wildman–Crippen LogP) is 2.94. The van der Waals surface area contributed by atoms with Crippen LogP contribution >= 0.6 is 23.4 Å². The van der Waals surface area contributed by atoms with Crippen molar-refractivity contribution in [2.45, 2.75) is 4.90 Å². The van der Waals surface area contributed by atoms with Crippen LogP contribution in [-0.4, -0.2) is 12.9 Å². The largest absolute Gasteiger partial charge is 0.272 e. The van der Waals surface area contributed by atoms with Gasteiger partial charge in [-0.25, -0.2) is 0 Å². The normalized spacial score (nSPS) is 15.1. The van der Waals surface area contributed by atoms with Crippen molar-refractivity contribution in [3.05, 3.63) is 34.9 Å². The molecule has 14 heavy (non-hydrogen) atoms. The Hall–Kier alpha value is -0.640. The van der Waals surface area contributed by atoms with E-state index < -0.39 is 0 Å². The Labute approximate surface area is 92.2 Å². The first kappa shape index (κ1) is 9.90. The molecule has 0 amide bonds. The minimum atomic E-state index is 0.592. The van der Waals surface area contributed by atoms with Crippen LogP contribution in [0.2, 0.25) is 5.02 Å². The van der Waals surface area contributed by atoms with Crippen molar-refractivity contribution >= 4 is 29.1 Å². The maximum Gasteiger partial charge on any atom is 0.0951 e. The number of benzene rings is 1. The standard InChI is InChI=1S/C10H10ClNOS/c1-14-9-4-2-3-7(11)10(9)8-5-6-13-12-8/h2-5,12H,6H2,1H3. The predicted molar refractivity (Wildman–Crippen MR) is 60.3 cm³/mol. The molecule has 0 aromatic heterocycles. The van der Waals surface area contributed by atoms with Crippen LogP contribution in [0.1, 0.15) is 5.56 Å². The van der Waals surface area contributed by atoms with Gasteiger partial charge in [0.05, 0.1) is 17.3 Å². The van der Waals surface area contributed by atoms with E-state index in [9.17, 15) is 0 Å². The van der Waals surface area contributed by atoms with Crippen LogP contribution in [0.4, 0.5) is 0 Å². The summed E-state index contributed by atoms with van der Waals surface area (Å²) in [4.78, 5) is 6.21. The SMILES string of the molecule is CSc1cccc(Cl)c1C1=CCON1. The molecule has 0 radical (unpaired) electrons. The Morgan fingerprint density at radius 2 is 2.36 bits per heavy atom. The van der Waals surface area contributed by atoms with Gasteiger partial charge in [0.15, 0.2) is 0 Å². The summed E-state index contributed by atoms with van der Waals surface area (Å²) in [6.45, 7) is 0.592. The van der Waals surface area contributed by atoms with Gasteiger partial charge in [0.25, 0.3) is 0 Å². The third-order valence-electron chi connectivity index (χ3n) is 2.02. The van der Waals surface area contributed by atoms with Gasteiger partial charge < -0.3 is 0 Å². The molecule has 74 valence electrons. The lowest BCUT2D eigenvalue weighted by Crippen LogP contribution is -2.06. The minimum absolute atomic E-state index is 0.592. The molecule has 1 heterocycles. The Morgan fingerprint density at radius 1 is 1.50 bits per heavy atom. The summed E-state index contributed by atoms with van der Waals surface area (Å²) in [5.74, 6) is 0. The van der Waals surface area contributed by atoms with Gasteiger partial charge in [0, 0.05) is 10.5 Å². The van der Waals surface area contributed by atoms with Crippen LogP contribution in [0.15, 0.2) is 29.2 Å². The van der Waals surface area contributed by atoms with E-state index in [0.29, 0.717) is 6.61 Å². The highest BCUT2D eigenvalue weighted by Gasteiger charge is 2.14. The lowest BCUT2D eigenvalue weighted by atomic mass is 10.1. The van der Waals surface area contributed by atoms with Gasteiger partial charge in [0.2, 0.25) is 0 Å². The molecule has 0 unspecified atom stereocenters. The maximum atomic E-state index is 6.14. The molecule has 1 aliphatic heterocycles. The van der Waals surface area contributed by atoms with E-state index in [0.717, 1.165) is 21.2 Å². The number of halogens is 1. The molecule has 2 rings (SSSR count). The molecular formula is C10H10ClNOS. The molecule has 0 saturated carbocycles. The van der Waals surface area contributed by atoms with Crippen molar-refractivity contribution in [3.63, 3.8) is 0 Å². The molecule has 1 aromatic carbocycles. The summed E-state index contributed by atoms with van der Waals surface area (Å²) >= 11 is 7.81. The quantitative estimate of drug-likeness (QED) is 0.785. The van der Waals surface area contributed by atoms with Crippen LogP contribution < -0.4 is 5.48 Å². The van der Waals surface area contributed by atoms with Crippen LogP contribution in [0.25, 0.3) is 5.70 Å². The van der Waals surface area contributed by atoms with Crippen molar-refractivity contribution in [1.29, 1.82) is 0 Å². The van der Waals surface area contributed by atoms with Gasteiger partial charge >= 0.3 is 0 Å². The fourth-order valence-corrected chi connectivity index (χ4v) is 2.35. The van der Waals surface area contributed by atoms with E-state index in [2.05, 4.69) is 5.48 Å². The molecule has 0 fully saturated rings. The first-order valence-electron chi connectivity index (χ1n) is 4.24. The highest BCUT2D eigenvalue weighted by molar-refractivity contribution is 7.98. The van der Waals surface area contributed by atoms with E-state index >= 15 is 0 Å². The molecular weight excluding hydrogens is 218 g/mol. The number of hydrogen-bond donors (Lipinski definition) is 1. The van der Waals surface area contributed by atoms with Gasteiger partial charge in [0.1, 0.15) is 0 Å². The van der Waals surface area contributed by atoms with E-state index in [-0.39, 0.29) is 0 Å². The van der Waals surface area contributed by atoms with Gasteiger partial charge in [-0.05, 0) is 24.5 Å². The van der Waals surface area contributed by atoms with Crippen molar-refractivity contribution < 1.29 is 4.84 Å². The molecule has 2 nitrogen and oxygen atoms in total. The monoisotopic (exact) mass is 227 g/mol. The van der Waals surface area contributed by atoms with E-state index in [1.54, 1.807) is 11.8 Å². The number of hydroxylamine groups is 1. The zero-order valence-corrected chi connectivity index (χ0v) is 9.28. The van der Waals surface area contributed by atoms with Crippen LogP contribution in [0.3, 0.4) is 0 Å². The summed E-state index contributed by atoms with van der Waals surface area (Å²) in [6, 6.07) is 5.89. The zero-order valence-electron chi connectivity index (χ0n) is 7.71. The molecule has 0 spiro atoms. The second-order valence-electron chi connectivity index (χ2n) is 2.85. The van der Waals surface area contributed by atoms with Gasteiger partial charge in [-0.15, -0.1) is 11.8 Å². The molecule has 0 atom stereocenters. The fraction of sp³-hybridized carbons (Fsp3) is 0.200. The fourth-order valence-electron chi connectivity index (χ4n) is 1.38. The van der Waals surface area contributed by atoms with Gasteiger partial charge in [-0.3, -0.25) is 10.3 Å². The van der Waals surface area contributed by atoms with Crippen LogP contribution in [0.5, 0.6) is 0 Å². The Kier molecular flexibility index (Phi) is 3.01. The zero-order chi connectivity index (χ0) is 9.97. The number of rotatable bonds is 2. The summed E-state index contributed by atoms with van der Waals surface area (Å²) in [6.07, 6.45) is 4.02. The Bertz CT molecular complexity index is 378. The van der Waals surface area contributed by atoms with Crippen LogP contribution in [0, 0.1) is 0 Å². The first-order valence-corrected chi connectivity index (χ1v) is 5.84. The second kappa shape index (κ2) is 4.26. The second-order valence-corrected chi connectivity index (χ2v) is 4.10. The lowest BCUT2D eigenvalue weighted by molar-refractivity contribution is 0.121. The lowest BCUT2D eigenvalue weighted by Gasteiger charge is -2.10. The summed E-state index contributed by atoms with van der Waals surface area (Å²) in [5, 5.41) is 0.751.